The average Bonchev–Trinajstić information content (AvgIpc) is 2.26. The van der Waals surface area contributed by atoms with Gasteiger partial charge in [0.25, 0.3) is 0 Å². The molecule has 0 saturated carbocycles. The lowest BCUT2D eigenvalue weighted by Crippen LogP contribution is -2.33. The van der Waals surface area contributed by atoms with Crippen molar-refractivity contribution in [1.82, 2.24) is 0 Å². The Bertz CT molecular complexity index is 352. The molecule has 0 heterocycles. The molecule has 0 radical (unpaired) electrons. The fourth-order valence-electron chi connectivity index (χ4n) is 1.60. The lowest BCUT2D eigenvalue weighted by Gasteiger charge is -2.30. The van der Waals surface area contributed by atoms with Crippen LogP contribution in [0.2, 0.25) is 5.02 Å². The maximum atomic E-state index is 9.02. The highest BCUT2D eigenvalue weighted by Gasteiger charge is 2.15. The van der Waals surface area contributed by atoms with Gasteiger partial charge >= 0.3 is 0 Å². The number of benzene rings is 1. The minimum Gasteiger partial charge on any atom is -0.392 e. The Morgan fingerprint density at radius 1 is 1.31 bits per heavy atom. The van der Waals surface area contributed by atoms with Gasteiger partial charge in [0.1, 0.15) is 0 Å². The van der Waals surface area contributed by atoms with Crippen LogP contribution in [0.1, 0.15) is 26.3 Å². The number of nitrogens with zero attached hydrogens (tertiary/aromatic N) is 1. The number of halogens is 1. The third-order valence-corrected chi connectivity index (χ3v) is 3.45. The second-order valence-corrected chi connectivity index (χ2v) is 4.95. The van der Waals surface area contributed by atoms with Crippen LogP contribution in [-0.4, -0.2) is 18.2 Å². The lowest BCUT2D eigenvalue weighted by molar-refractivity contribution is 0.282. The second kappa shape index (κ2) is 5.55. The van der Waals surface area contributed by atoms with Crippen LogP contribution in [0.4, 0.5) is 5.69 Å². The number of hydrogen-bond donors (Lipinski definition) is 1. The first-order chi connectivity index (χ1) is 7.47. The standard InChI is InChI=1S/C13H20ClNO/c1-9(2)10(3)15(4)13-6-5-11(8-16)7-12(13)14/h5-7,9-10,16H,8H2,1-4H3. The fraction of sp³-hybridized carbons (Fsp3) is 0.538. The fourth-order valence-corrected chi connectivity index (χ4v) is 1.94. The Kier molecular flexibility index (Phi) is 4.63. The van der Waals surface area contributed by atoms with Crippen molar-refractivity contribution < 1.29 is 5.11 Å². The first-order valence-electron chi connectivity index (χ1n) is 5.59. The summed E-state index contributed by atoms with van der Waals surface area (Å²) in [6, 6.07) is 6.12. The van der Waals surface area contributed by atoms with E-state index >= 15 is 0 Å². The monoisotopic (exact) mass is 241 g/mol. The van der Waals surface area contributed by atoms with E-state index in [0.717, 1.165) is 11.3 Å². The quantitative estimate of drug-likeness (QED) is 0.874. The highest BCUT2D eigenvalue weighted by Crippen LogP contribution is 2.28. The van der Waals surface area contributed by atoms with Crippen molar-refractivity contribution in [1.29, 1.82) is 0 Å². The molecule has 0 aromatic heterocycles. The van der Waals surface area contributed by atoms with Gasteiger partial charge in [-0.2, -0.15) is 0 Å². The summed E-state index contributed by atoms with van der Waals surface area (Å²) in [5, 5.41) is 9.71. The summed E-state index contributed by atoms with van der Waals surface area (Å²) in [5.74, 6) is 0.568. The molecule has 1 N–H and O–H groups in total. The van der Waals surface area contributed by atoms with Crippen LogP contribution in [0.5, 0.6) is 0 Å². The molecule has 0 saturated heterocycles. The first kappa shape index (κ1) is 13.3. The Balaban J connectivity index is 2.96. The molecule has 0 aliphatic heterocycles. The van der Waals surface area contributed by atoms with E-state index in [-0.39, 0.29) is 6.61 Å². The lowest BCUT2D eigenvalue weighted by atomic mass is 10.0. The molecule has 0 spiro atoms. The Hall–Kier alpha value is -0.730. The van der Waals surface area contributed by atoms with Crippen molar-refractivity contribution in [3.63, 3.8) is 0 Å². The summed E-state index contributed by atoms with van der Waals surface area (Å²) in [6.07, 6.45) is 0. The van der Waals surface area contributed by atoms with Crippen molar-refractivity contribution in [2.24, 2.45) is 5.92 Å². The maximum Gasteiger partial charge on any atom is 0.0682 e. The van der Waals surface area contributed by atoms with E-state index in [1.807, 2.05) is 25.2 Å². The third-order valence-electron chi connectivity index (χ3n) is 3.15. The van der Waals surface area contributed by atoms with Crippen molar-refractivity contribution >= 4 is 17.3 Å². The predicted molar refractivity (Wildman–Crippen MR) is 70.1 cm³/mol. The van der Waals surface area contributed by atoms with E-state index in [2.05, 4.69) is 25.7 Å². The van der Waals surface area contributed by atoms with Crippen LogP contribution in [0.25, 0.3) is 0 Å². The van der Waals surface area contributed by atoms with Gasteiger partial charge in [-0.05, 0) is 30.5 Å². The number of aliphatic hydroxyl groups excluding tert-OH is 1. The molecule has 1 aromatic carbocycles. The van der Waals surface area contributed by atoms with E-state index < -0.39 is 0 Å². The molecular weight excluding hydrogens is 222 g/mol. The molecule has 1 rings (SSSR count). The molecule has 0 amide bonds. The molecule has 0 aliphatic rings. The number of aliphatic hydroxyl groups is 1. The topological polar surface area (TPSA) is 23.5 Å². The highest BCUT2D eigenvalue weighted by molar-refractivity contribution is 6.33. The smallest absolute Gasteiger partial charge is 0.0682 e. The van der Waals surface area contributed by atoms with Crippen LogP contribution >= 0.6 is 11.6 Å². The molecule has 16 heavy (non-hydrogen) atoms. The van der Waals surface area contributed by atoms with Crippen molar-refractivity contribution in [3.05, 3.63) is 28.8 Å². The van der Waals surface area contributed by atoms with Gasteiger partial charge in [-0.15, -0.1) is 0 Å². The molecule has 1 aromatic rings. The van der Waals surface area contributed by atoms with E-state index in [1.165, 1.54) is 0 Å². The molecular formula is C13H20ClNO. The van der Waals surface area contributed by atoms with E-state index in [9.17, 15) is 0 Å². The molecule has 0 fully saturated rings. The molecule has 3 heteroatoms. The van der Waals surface area contributed by atoms with Gasteiger partial charge in [-0.1, -0.05) is 31.5 Å². The average molecular weight is 242 g/mol. The maximum absolute atomic E-state index is 9.02. The van der Waals surface area contributed by atoms with E-state index in [4.69, 9.17) is 16.7 Å². The summed E-state index contributed by atoms with van der Waals surface area (Å²) in [5.41, 5.74) is 1.86. The number of hydrogen-bond acceptors (Lipinski definition) is 2. The zero-order valence-corrected chi connectivity index (χ0v) is 11.1. The molecule has 2 nitrogen and oxygen atoms in total. The predicted octanol–water partition coefficient (Wildman–Crippen LogP) is 3.31. The zero-order valence-electron chi connectivity index (χ0n) is 10.4. The molecule has 0 aliphatic carbocycles. The van der Waals surface area contributed by atoms with E-state index in [1.54, 1.807) is 0 Å². The third kappa shape index (κ3) is 2.89. The minimum absolute atomic E-state index is 0.0312. The van der Waals surface area contributed by atoms with Crippen molar-refractivity contribution in [2.45, 2.75) is 33.4 Å². The van der Waals surface area contributed by atoms with Gasteiger partial charge in [-0.25, -0.2) is 0 Å². The molecule has 0 bridgehead atoms. The molecule has 1 unspecified atom stereocenters. The van der Waals surface area contributed by atoms with Gasteiger partial charge in [0, 0.05) is 13.1 Å². The Morgan fingerprint density at radius 3 is 2.38 bits per heavy atom. The van der Waals surface area contributed by atoms with Crippen LogP contribution in [-0.2, 0) is 6.61 Å². The first-order valence-corrected chi connectivity index (χ1v) is 5.97. The largest absolute Gasteiger partial charge is 0.392 e. The summed E-state index contributed by atoms with van der Waals surface area (Å²) in [7, 11) is 2.05. The van der Waals surface area contributed by atoms with Crippen LogP contribution < -0.4 is 4.90 Å². The van der Waals surface area contributed by atoms with Gasteiger partial charge < -0.3 is 10.0 Å². The van der Waals surface area contributed by atoms with Gasteiger partial charge in [0.15, 0.2) is 0 Å². The summed E-state index contributed by atoms with van der Waals surface area (Å²) < 4.78 is 0. The number of anilines is 1. The Labute approximate surface area is 103 Å². The van der Waals surface area contributed by atoms with E-state index in [0.29, 0.717) is 17.0 Å². The highest BCUT2D eigenvalue weighted by atomic mass is 35.5. The summed E-state index contributed by atoms with van der Waals surface area (Å²) in [6.45, 7) is 6.60. The summed E-state index contributed by atoms with van der Waals surface area (Å²) >= 11 is 6.20. The van der Waals surface area contributed by atoms with Gasteiger partial charge in [0.05, 0.1) is 17.3 Å². The Morgan fingerprint density at radius 2 is 1.94 bits per heavy atom. The van der Waals surface area contributed by atoms with Crippen LogP contribution in [0, 0.1) is 5.92 Å². The van der Waals surface area contributed by atoms with Gasteiger partial charge in [0.2, 0.25) is 0 Å². The SMILES string of the molecule is CC(C)C(C)N(C)c1ccc(CO)cc1Cl. The second-order valence-electron chi connectivity index (χ2n) is 4.54. The van der Waals surface area contributed by atoms with Crippen molar-refractivity contribution in [2.75, 3.05) is 11.9 Å². The molecule has 90 valence electrons. The minimum atomic E-state index is 0.0312. The summed E-state index contributed by atoms with van der Waals surface area (Å²) in [4.78, 5) is 2.17. The van der Waals surface area contributed by atoms with Crippen LogP contribution in [0.15, 0.2) is 18.2 Å². The normalized spacial score (nSPS) is 12.9. The van der Waals surface area contributed by atoms with Gasteiger partial charge in [-0.3, -0.25) is 0 Å². The zero-order chi connectivity index (χ0) is 12.3. The number of rotatable bonds is 4. The van der Waals surface area contributed by atoms with Crippen LogP contribution in [0.3, 0.4) is 0 Å². The van der Waals surface area contributed by atoms with Crippen molar-refractivity contribution in [3.8, 4) is 0 Å². The molecule has 1 atom stereocenters.